The zero-order chi connectivity index (χ0) is 7.40. The Bertz CT molecular complexity index is 121. The molecule has 1 atom stereocenters. The highest BCUT2D eigenvalue weighted by atomic mass is 16.5. The summed E-state index contributed by atoms with van der Waals surface area (Å²) in [4.78, 5) is 10.7. The number of carbonyl (C=O) groups is 1. The molecule has 1 saturated heterocycles. The van der Waals surface area contributed by atoms with Gasteiger partial charge in [-0.1, -0.05) is 6.92 Å². The van der Waals surface area contributed by atoms with Crippen molar-refractivity contribution in [3.8, 4) is 0 Å². The Labute approximate surface area is 59.9 Å². The molecule has 0 bridgehead atoms. The van der Waals surface area contributed by atoms with Gasteiger partial charge in [0.15, 0.2) is 6.35 Å². The monoisotopic (exact) mass is 144 g/mol. The number of hydrogen-bond acceptors (Lipinski definition) is 3. The summed E-state index contributed by atoms with van der Waals surface area (Å²) in [5, 5.41) is 5.62. The van der Waals surface area contributed by atoms with Gasteiger partial charge in [0.25, 0.3) is 0 Å². The molecule has 1 heterocycles. The van der Waals surface area contributed by atoms with Crippen molar-refractivity contribution in [2.45, 2.75) is 19.7 Å². The van der Waals surface area contributed by atoms with Crippen LogP contribution >= 0.6 is 0 Å². The number of hydrogen-bond donors (Lipinski definition) is 2. The minimum absolute atomic E-state index is 0.0133. The van der Waals surface area contributed by atoms with Gasteiger partial charge in [0.05, 0.1) is 6.61 Å². The normalized spacial score (nSPS) is 24.7. The van der Waals surface area contributed by atoms with Crippen molar-refractivity contribution in [3.63, 3.8) is 0 Å². The van der Waals surface area contributed by atoms with Crippen molar-refractivity contribution >= 4 is 5.91 Å². The molecule has 1 rings (SSSR count). The summed E-state index contributed by atoms with van der Waals surface area (Å²) in [5.74, 6) is 0.0133. The van der Waals surface area contributed by atoms with Crippen molar-refractivity contribution in [3.05, 3.63) is 0 Å². The van der Waals surface area contributed by atoms with E-state index in [1.807, 2.05) is 6.92 Å². The Morgan fingerprint density at radius 1 is 1.90 bits per heavy atom. The van der Waals surface area contributed by atoms with Crippen molar-refractivity contribution < 1.29 is 9.53 Å². The molecule has 0 aromatic heterocycles. The lowest BCUT2D eigenvalue weighted by Crippen LogP contribution is -2.41. The second kappa shape index (κ2) is 3.53. The fraction of sp³-hybridized carbons (Fsp3) is 0.833. The molecule has 58 valence electrons. The molecule has 1 amide bonds. The number of carbonyl (C=O) groups excluding carboxylic acids is 1. The number of rotatable bonds is 2. The minimum Gasteiger partial charge on any atom is -0.344 e. The molecule has 0 aliphatic carbocycles. The van der Waals surface area contributed by atoms with Crippen LogP contribution in [-0.4, -0.2) is 25.4 Å². The van der Waals surface area contributed by atoms with Gasteiger partial charge in [0, 0.05) is 13.0 Å². The van der Waals surface area contributed by atoms with Crippen molar-refractivity contribution in [2.24, 2.45) is 0 Å². The maximum atomic E-state index is 10.7. The van der Waals surface area contributed by atoms with Gasteiger partial charge in [-0.15, -0.1) is 0 Å². The number of amides is 1. The Morgan fingerprint density at radius 3 is 3.20 bits per heavy atom. The largest absolute Gasteiger partial charge is 0.344 e. The first-order chi connectivity index (χ1) is 4.83. The van der Waals surface area contributed by atoms with E-state index in [9.17, 15) is 4.79 Å². The fourth-order valence-electron chi connectivity index (χ4n) is 0.767. The molecule has 10 heavy (non-hydrogen) atoms. The van der Waals surface area contributed by atoms with Crippen molar-refractivity contribution in [2.75, 3.05) is 13.2 Å². The summed E-state index contributed by atoms with van der Waals surface area (Å²) in [5.41, 5.74) is 0. The molecule has 0 aromatic rings. The Kier molecular flexibility index (Phi) is 2.65. The van der Waals surface area contributed by atoms with Gasteiger partial charge in [-0.2, -0.15) is 0 Å². The highest BCUT2D eigenvalue weighted by Gasteiger charge is 2.14. The molecule has 1 unspecified atom stereocenters. The summed E-state index contributed by atoms with van der Waals surface area (Å²) in [6, 6.07) is 0. The topological polar surface area (TPSA) is 50.4 Å². The van der Waals surface area contributed by atoms with Gasteiger partial charge in [0.2, 0.25) is 5.91 Å². The first-order valence-electron chi connectivity index (χ1n) is 3.47. The third kappa shape index (κ3) is 1.97. The second-order valence-corrected chi connectivity index (χ2v) is 2.13. The molecule has 1 aliphatic heterocycles. The van der Waals surface area contributed by atoms with E-state index in [-0.39, 0.29) is 12.3 Å². The summed E-state index contributed by atoms with van der Waals surface area (Å²) in [6.45, 7) is 3.30. The maximum Gasteiger partial charge on any atom is 0.222 e. The molecule has 4 heteroatoms. The molecular weight excluding hydrogens is 132 g/mol. The molecule has 1 fully saturated rings. The molecule has 4 nitrogen and oxygen atoms in total. The van der Waals surface area contributed by atoms with Crippen LogP contribution in [0.1, 0.15) is 13.3 Å². The van der Waals surface area contributed by atoms with Crippen LogP contribution < -0.4 is 10.6 Å². The van der Waals surface area contributed by atoms with E-state index in [0.717, 1.165) is 6.54 Å². The summed E-state index contributed by atoms with van der Waals surface area (Å²) in [7, 11) is 0. The minimum atomic E-state index is -0.257. The quantitative estimate of drug-likeness (QED) is 0.545. The van der Waals surface area contributed by atoms with E-state index in [2.05, 4.69) is 10.6 Å². The maximum absolute atomic E-state index is 10.7. The number of ether oxygens (including phenoxy) is 1. The van der Waals surface area contributed by atoms with E-state index in [1.165, 1.54) is 0 Å². The van der Waals surface area contributed by atoms with Crippen LogP contribution in [0.15, 0.2) is 0 Å². The average molecular weight is 144 g/mol. The molecule has 0 radical (unpaired) electrons. The van der Waals surface area contributed by atoms with Crippen LogP contribution in [0.2, 0.25) is 0 Å². The number of nitrogens with one attached hydrogen (secondary N) is 2. The van der Waals surface area contributed by atoms with Crippen molar-refractivity contribution in [1.82, 2.24) is 10.6 Å². The van der Waals surface area contributed by atoms with E-state index in [0.29, 0.717) is 13.0 Å². The molecule has 1 aliphatic rings. The standard InChI is InChI=1S/C6H12N2O2/c1-2-5(9)8-6-7-3-4-10-6/h6-7H,2-4H2,1H3,(H,8,9). The van der Waals surface area contributed by atoms with Gasteiger partial charge in [0.1, 0.15) is 0 Å². The van der Waals surface area contributed by atoms with E-state index in [1.54, 1.807) is 0 Å². The molecular formula is C6H12N2O2. The predicted octanol–water partition coefficient (Wildman–Crippen LogP) is -0.584. The third-order valence-corrected chi connectivity index (χ3v) is 1.33. The summed E-state index contributed by atoms with van der Waals surface area (Å²) < 4.78 is 5.08. The lowest BCUT2D eigenvalue weighted by atomic mass is 10.5. The first kappa shape index (κ1) is 7.50. The predicted molar refractivity (Wildman–Crippen MR) is 36.2 cm³/mol. The lowest BCUT2D eigenvalue weighted by Gasteiger charge is -2.10. The van der Waals surface area contributed by atoms with E-state index in [4.69, 9.17) is 4.74 Å². The third-order valence-electron chi connectivity index (χ3n) is 1.33. The lowest BCUT2D eigenvalue weighted by molar-refractivity contribution is -0.124. The molecule has 0 aromatic carbocycles. The van der Waals surface area contributed by atoms with Gasteiger partial charge in [-0.25, -0.2) is 0 Å². The van der Waals surface area contributed by atoms with Gasteiger partial charge in [-0.05, 0) is 0 Å². The molecule has 0 saturated carbocycles. The fourth-order valence-corrected chi connectivity index (χ4v) is 0.767. The highest BCUT2D eigenvalue weighted by Crippen LogP contribution is 1.90. The van der Waals surface area contributed by atoms with Crippen molar-refractivity contribution in [1.29, 1.82) is 0 Å². The van der Waals surface area contributed by atoms with Crippen LogP contribution in [0.4, 0.5) is 0 Å². The smallest absolute Gasteiger partial charge is 0.222 e. The van der Waals surface area contributed by atoms with Crippen LogP contribution in [0.3, 0.4) is 0 Å². The Balaban J connectivity index is 2.17. The van der Waals surface area contributed by atoms with Crippen LogP contribution in [0.5, 0.6) is 0 Å². The summed E-state index contributed by atoms with van der Waals surface area (Å²) >= 11 is 0. The van der Waals surface area contributed by atoms with E-state index >= 15 is 0 Å². The average Bonchev–Trinajstić information content (AvgIpc) is 2.40. The Hall–Kier alpha value is -0.610. The first-order valence-corrected chi connectivity index (χ1v) is 3.47. The summed E-state index contributed by atoms with van der Waals surface area (Å²) in [6.07, 6.45) is 0.245. The zero-order valence-electron chi connectivity index (χ0n) is 6.02. The molecule has 2 N–H and O–H groups in total. The van der Waals surface area contributed by atoms with Crippen LogP contribution in [0.25, 0.3) is 0 Å². The van der Waals surface area contributed by atoms with Gasteiger partial charge >= 0.3 is 0 Å². The van der Waals surface area contributed by atoms with Crippen LogP contribution in [-0.2, 0) is 9.53 Å². The zero-order valence-corrected chi connectivity index (χ0v) is 6.02. The van der Waals surface area contributed by atoms with E-state index < -0.39 is 0 Å². The van der Waals surface area contributed by atoms with Gasteiger partial charge in [-0.3, -0.25) is 10.1 Å². The SMILES string of the molecule is CCC(=O)NC1NCCO1. The Morgan fingerprint density at radius 2 is 2.70 bits per heavy atom. The highest BCUT2D eigenvalue weighted by molar-refractivity contribution is 5.75. The second-order valence-electron chi connectivity index (χ2n) is 2.13. The van der Waals surface area contributed by atoms with Gasteiger partial charge < -0.3 is 10.1 Å². The van der Waals surface area contributed by atoms with Crippen LogP contribution in [0, 0.1) is 0 Å². The molecule has 0 spiro atoms.